The van der Waals surface area contributed by atoms with Crippen LogP contribution in [-0.4, -0.2) is 47.8 Å². The number of nitrogens with zero attached hydrogens (tertiary/aromatic N) is 1. The summed E-state index contributed by atoms with van der Waals surface area (Å²) in [5.41, 5.74) is 4.55. The molecule has 0 N–H and O–H groups in total. The average Bonchev–Trinajstić information content (AvgIpc) is 3.02. The fourth-order valence-electron chi connectivity index (χ4n) is 4.38. The van der Waals surface area contributed by atoms with Crippen LogP contribution in [0.5, 0.6) is 23.0 Å². The van der Waals surface area contributed by atoms with Crippen LogP contribution in [0.1, 0.15) is 16.7 Å². The Kier molecular flexibility index (Phi) is 11.7. The minimum atomic E-state index is 0.464. The summed E-state index contributed by atoms with van der Waals surface area (Å²) in [6.07, 6.45) is 0. The van der Waals surface area contributed by atoms with E-state index in [9.17, 15) is 0 Å². The molecule has 0 unspecified atom stereocenters. The van der Waals surface area contributed by atoms with Gasteiger partial charge in [-0.25, -0.2) is 0 Å². The van der Waals surface area contributed by atoms with Gasteiger partial charge in [0, 0.05) is 24.8 Å². The topological polar surface area (TPSA) is 58.6 Å². The first kappa shape index (κ1) is 29.8. The van der Waals surface area contributed by atoms with Crippen LogP contribution in [-0.2, 0) is 29.2 Å². The van der Waals surface area contributed by atoms with Crippen molar-refractivity contribution in [3.05, 3.63) is 114 Å². The molecule has 7 nitrogen and oxygen atoms in total. The Morgan fingerprint density at radius 2 is 1.00 bits per heavy atom. The third-order valence-electron chi connectivity index (χ3n) is 6.47. The van der Waals surface area contributed by atoms with Gasteiger partial charge in [-0.05, 0) is 65.2 Å². The number of hydrogen-bond donors (Lipinski definition) is 0. The summed E-state index contributed by atoms with van der Waals surface area (Å²) in [7, 11) is 5.02. The number of hydrogen-bond acceptors (Lipinski definition) is 7. The highest BCUT2D eigenvalue weighted by atomic mass is 16.5. The third-order valence-corrected chi connectivity index (χ3v) is 6.47. The van der Waals surface area contributed by atoms with Gasteiger partial charge in [0.25, 0.3) is 0 Å². The van der Waals surface area contributed by atoms with Gasteiger partial charge in [-0.2, -0.15) is 0 Å². The quantitative estimate of drug-likeness (QED) is 0.137. The minimum Gasteiger partial charge on any atom is -0.497 e. The molecule has 0 amide bonds. The standard InChI is InChI=1S/C34H39NO6/c1-36-31-12-5-8-27(21-31)24-35(25-28-9-6-13-32(22-28)37-2)30-11-4-10-29(20-30)26-40-17-16-39-18-19-41-34-15-7-14-33(23-34)38-3/h4-15,20-23H,16-19,24-26H2,1-3H3. The number of ether oxygens (including phenoxy) is 6. The molecule has 0 saturated heterocycles. The predicted molar refractivity (Wildman–Crippen MR) is 161 cm³/mol. The zero-order valence-corrected chi connectivity index (χ0v) is 24.1. The molecule has 216 valence electrons. The van der Waals surface area contributed by atoms with Crippen molar-refractivity contribution in [1.82, 2.24) is 0 Å². The van der Waals surface area contributed by atoms with Crippen molar-refractivity contribution < 1.29 is 28.4 Å². The Bertz CT molecular complexity index is 1290. The molecular formula is C34H39NO6. The minimum absolute atomic E-state index is 0.464. The van der Waals surface area contributed by atoms with Crippen LogP contribution in [0.3, 0.4) is 0 Å². The van der Waals surface area contributed by atoms with Crippen LogP contribution < -0.4 is 23.8 Å². The van der Waals surface area contributed by atoms with Crippen molar-refractivity contribution in [1.29, 1.82) is 0 Å². The molecule has 0 fully saturated rings. The second kappa shape index (κ2) is 16.2. The molecule has 0 aliphatic rings. The Balaban J connectivity index is 1.30. The number of methoxy groups -OCH3 is 3. The van der Waals surface area contributed by atoms with Gasteiger partial charge in [0.15, 0.2) is 0 Å². The molecule has 0 heterocycles. The summed E-state index contributed by atoms with van der Waals surface area (Å²) in [6.45, 7) is 3.91. The van der Waals surface area contributed by atoms with E-state index in [4.69, 9.17) is 28.4 Å². The summed E-state index contributed by atoms with van der Waals surface area (Å²) in [5, 5.41) is 0. The predicted octanol–water partition coefficient (Wildman–Crippen LogP) is 6.53. The van der Waals surface area contributed by atoms with Gasteiger partial charge in [0.1, 0.15) is 29.6 Å². The fraction of sp³-hybridized carbons (Fsp3) is 0.294. The van der Waals surface area contributed by atoms with E-state index in [0.29, 0.717) is 33.0 Å². The largest absolute Gasteiger partial charge is 0.497 e. The lowest BCUT2D eigenvalue weighted by molar-refractivity contribution is 0.0303. The maximum absolute atomic E-state index is 5.91. The summed E-state index contributed by atoms with van der Waals surface area (Å²) in [5.74, 6) is 3.22. The van der Waals surface area contributed by atoms with Crippen molar-refractivity contribution in [2.24, 2.45) is 0 Å². The van der Waals surface area contributed by atoms with Crippen molar-refractivity contribution in [2.45, 2.75) is 19.7 Å². The molecule has 41 heavy (non-hydrogen) atoms. The Morgan fingerprint density at radius 1 is 0.488 bits per heavy atom. The Hall–Kier alpha value is -4.20. The highest BCUT2D eigenvalue weighted by Gasteiger charge is 2.11. The number of benzene rings is 4. The van der Waals surface area contributed by atoms with Crippen LogP contribution in [0.15, 0.2) is 97.1 Å². The first-order valence-corrected chi connectivity index (χ1v) is 13.7. The van der Waals surface area contributed by atoms with Gasteiger partial charge in [0.05, 0.1) is 47.8 Å². The summed E-state index contributed by atoms with van der Waals surface area (Å²) >= 11 is 0. The zero-order valence-electron chi connectivity index (χ0n) is 24.1. The van der Waals surface area contributed by atoms with E-state index in [1.165, 1.54) is 11.1 Å². The van der Waals surface area contributed by atoms with Crippen LogP contribution in [0.4, 0.5) is 5.69 Å². The smallest absolute Gasteiger partial charge is 0.123 e. The van der Waals surface area contributed by atoms with E-state index >= 15 is 0 Å². The third kappa shape index (κ3) is 9.74. The second-order valence-corrected chi connectivity index (χ2v) is 9.42. The molecular weight excluding hydrogens is 518 g/mol. The molecule has 0 saturated carbocycles. The second-order valence-electron chi connectivity index (χ2n) is 9.42. The molecule has 0 aromatic heterocycles. The zero-order chi connectivity index (χ0) is 28.7. The van der Waals surface area contributed by atoms with Crippen molar-refractivity contribution >= 4 is 5.69 Å². The molecule has 7 heteroatoms. The van der Waals surface area contributed by atoms with Gasteiger partial charge in [-0.1, -0.05) is 42.5 Å². The SMILES string of the molecule is COc1cccc(CN(Cc2cccc(OC)c2)c2cccc(COCCOCCOc3cccc(OC)c3)c2)c1. The maximum atomic E-state index is 5.91. The maximum Gasteiger partial charge on any atom is 0.123 e. The first-order valence-electron chi connectivity index (χ1n) is 13.7. The monoisotopic (exact) mass is 557 g/mol. The molecule has 0 aliphatic heterocycles. The number of rotatable bonds is 17. The number of anilines is 1. The van der Waals surface area contributed by atoms with Crippen LogP contribution in [0.2, 0.25) is 0 Å². The van der Waals surface area contributed by atoms with Gasteiger partial charge >= 0.3 is 0 Å². The highest BCUT2D eigenvalue weighted by molar-refractivity contribution is 5.50. The van der Waals surface area contributed by atoms with E-state index in [1.54, 1.807) is 21.3 Å². The molecule has 4 aromatic rings. The van der Waals surface area contributed by atoms with E-state index in [2.05, 4.69) is 53.4 Å². The lowest BCUT2D eigenvalue weighted by atomic mass is 10.1. The van der Waals surface area contributed by atoms with Crippen LogP contribution in [0.25, 0.3) is 0 Å². The van der Waals surface area contributed by atoms with Gasteiger partial charge < -0.3 is 33.3 Å². The summed E-state index contributed by atoms with van der Waals surface area (Å²) in [4.78, 5) is 2.35. The molecule has 0 aliphatic carbocycles. The Labute approximate surface area is 243 Å². The summed E-state index contributed by atoms with van der Waals surface area (Å²) in [6, 6.07) is 32.4. The van der Waals surface area contributed by atoms with E-state index in [-0.39, 0.29) is 0 Å². The van der Waals surface area contributed by atoms with Crippen molar-refractivity contribution in [3.63, 3.8) is 0 Å². The van der Waals surface area contributed by atoms with Crippen LogP contribution in [0, 0.1) is 0 Å². The van der Waals surface area contributed by atoms with Crippen LogP contribution >= 0.6 is 0 Å². The van der Waals surface area contributed by atoms with Crippen molar-refractivity contribution in [3.8, 4) is 23.0 Å². The van der Waals surface area contributed by atoms with Crippen molar-refractivity contribution in [2.75, 3.05) is 52.7 Å². The Morgan fingerprint density at radius 3 is 1.66 bits per heavy atom. The van der Waals surface area contributed by atoms with E-state index < -0.39 is 0 Å². The molecule has 0 spiro atoms. The van der Waals surface area contributed by atoms with Gasteiger partial charge in [-0.15, -0.1) is 0 Å². The highest BCUT2D eigenvalue weighted by Crippen LogP contribution is 2.25. The van der Waals surface area contributed by atoms with Gasteiger partial charge in [-0.3, -0.25) is 0 Å². The lowest BCUT2D eigenvalue weighted by Gasteiger charge is -2.26. The molecule has 0 atom stereocenters. The average molecular weight is 558 g/mol. The molecule has 4 aromatic carbocycles. The first-order chi connectivity index (χ1) is 20.2. The molecule has 0 bridgehead atoms. The normalized spacial score (nSPS) is 10.7. The van der Waals surface area contributed by atoms with Gasteiger partial charge in [0.2, 0.25) is 0 Å². The fourth-order valence-corrected chi connectivity index (χ4v) is 4.38. The lowest BCUT2D eigenvalue weighted by Crippen LogP contribution is -2.22. The van der Waals surface area contributed by atoms with E-state index in [0.717, 1.165) is 47.3 Å². The molecule has 4 rings (SSSR count). The summed E-state index contributed by atoms with van der Waals surface area (Å²) < 4.78 is 33.4. The van der Waals surface area contributed by atoms with E-state index in [1.807, 2.05) is 48.5 Å². The molecule has 0 radical (unpaired) electrons.